The monoisotopic (exact) mass is 360 g/mol. The van der Waals surface area contributed by atoms with Gasteiger partial charge < -0.3 is 14.8 Å². The van der Waals surface area contributed by atoms with Gasteiger partial charge in [0.1, 0.15) is 0 Å². The fourth-order valence-corrected chi connectivity index (χ4v) is 2.61. The number of aromatic nitrogens is 2. The van der Waals surface area contributed by atoms with Crippen molar-refractivity contribution in [3.05, 3.63) is 84.5 Å². The first kappa shape index (κ1) is 18.6. The second-order valence-corrected chi connectivity index (χ2v) is 6.57. The molecule has 3 aromatic rings. The second kappa shape index (κ2) is 8.96. The molecule has 0 amide bonds. The van der Waals surface area contributed by atoms with Crippen LogP contribution in [0.15, 0.2) is 73.3 Å². The Morgan fingerprint density at radius 1 is 1.11 bits per heavy atom. The third kappa shape index (κ3) is 5.39. The zero-order valence-corrected chi connectivity index (χ0v) is 15.7. The number of carbonyl (C=O) groups excluding carboxylic acids is 1. The summed E-state index contributed by atoms with van der Waals surface area (Å²) in [6.07, 6.45) is 8.78. The maximum atomic E-state index is 12.4. The van der Waals surface area contributed by atoms with Crippen molar-refractivity contribution < 1.29 is 4.79 Å². The van der Waals surface area contributed by atoms with Crippen LogP contribution in [-0.4, -0.2) is 47.4 Å². The number of ketones is 1. The molecule has 0 atom stereocenters. The lowest BCUT2D eigenvalue weighted by Gasteiger charge is -2.11. The van der Waals surface area contributed by atoms with Crippen LogP contribution in [0.2, 0.25) is 0 Å². The summed E-state index contributed by atoms with van der Waals surface area (Å²) in [5, 5.41) is 3.37. The Labute approximate surface area is 160 Å². The Morgan fingerprint density at radius 3 is 2.48 bits per heavy atom. The molecule has 0 saturated carbocycles. The molecule has 0 radical (unpaired) electrons. The molecule has 0 fully saturated rings. The van der Waals surface area contributed by atoms with E-state index in [1.807, 2.05) is 65.4 Å². The molecule has 1 N–H and O–H groups in total. The molecule has 0 aliphatic rings. The van der Waals surface area contributed by atoms with E-state index in [2.05, 4.69) is 29.3 Å². The molecular formula is C22H24N4O. The van der Waals surface area contributed by atoms with Gasteiger partial charge in [0, 0.05) is 42.4 Å². The van der Waals surface area contributed by atoms with Crippen molar-refractivity contribution in [3.63, 3.8) is 0 Å². The van der Waals surface area contributed by atoms with Crippen molar-refractivity contribution >= 4 is 17.5 Å². The normalized spacial score (nSPS) is 11.2. The van der Waals surface area contributed by atoms with Crippen molar-refractivity contribution in [1.82, 2.24) is 14.5 Å². The van der Waals surface area contributed by atoms with Crippen LogP contribution in [0.3, 0.4) is 0 Å². The third-order valence-corrected chi connectivity index (χ3v) is 4.18. The molecule has 3 rings (SSSR count). The summed E-state index contributed by atoms with van der Waals surface area (Å²) < 4.78 is 1.90. The fourth-order valence-electron chi connectivity index (χ4n) is 2.61. The first-order chi connectivity index (χ1) is 13.1. The van der Waals surface area contributed by atoms with Crippen LogP contribution in [-0.2, 0) is 0 Å². The van der Waals surface area contributed by atoms with E-state index in [0.717, 1.165) is 30.0 Å². The predicted octanol–water partition coefficient (Wildman–Crippen LogP) is 3.74. The Balaban J connectivity index is 1.57. The Kier molecular flexibility index (Phi) is 6.18. The van der Waals surface area contributed by atoms with E-state index in [1.165, 1.54) is 0 Å². The van der Waals surface area contributed by atoms with Gasteiger partial charge in [-0.15, -0.1) is 0 Å². The summed E-state index contributed by atoms with van der Waals surface area (Å²) in [5.41, 5.74) is 3.72. The predicted molar refractivity (Wildman–Crippen MR) is 110 cm³/mol. The Morgan fingerprint density at radius 2 is 1.85 bits per heavy atom. The first-order valence-electron chi connectivity index (χ1n) is 8.91. The molecule has 5 heteroatoms. The smallest absolute Gasteiger partial charge is 0.185 e. The Hall–Kier alpha value is -3.18. The quantitative estimate of drug-likeness (QED) is 0.491. The molecule has 27 heavy (non-hydrogen) atoms. The highest BCUT2D eigenvalue weighted by atomic mass is 16.1. The van der Waals surface area contributed by atoms with E-state index in [1.54, 1.807) is 18.6 Å². The number of hydrogen-bond acceptors (Lipinski definition) is 4. The van der Waals surface area contributed by atoms with Gasteiger partial charge in [0.15, 0.2) is 5.78 Å². The molecule has 5 nitrogen and oxygen atoms in total. The number of carbonyl (C=O) groups is 1. The number of rotatable bonds is 8. The van der Waals surface area contributed by atoms with E-state index >= 15 is 0 Å². The molecule has 0 unspecified atom stereocenters. The van der Waals surface area contributed by atoms with Gasteiger partial charge in [-0.25, -0.2) is 4.98 Å². The minimum absolute atomic E-state index is 0.0136. The van der Waals surface area contributed by atoms with Crippen LogP contribution in [0, 0.1) is 0 Å². The number of benzene rings is 2. The summed E-state index contributed by atoms with van der Waals surface area (Å²) in [4.78, 5) is 18.5. The number of likely N-dealkylation sites (N-methyl/N-ethyl adjacent to an activating group) is 1. The standard InChI is InChI=1S/C22H24N4O/c1-25(2)15-14-24-20-8-3-18(4-9-20)5-12-22(27)19-6-10-21(11-7-19)26-16-13-23-17-26/h3-13,16-17,24H,14-15H2,1-2H3. The first-order valence-corrected chi connectivity index (χ1v) is 8.91. The zero-order chi connectivity index (χ0) is 19.1. The lowest BCUT2D eigenvalue weighted by Crippen LogP contribution is -2.20. The van der Waals surface area contributed by atoms with Gasteiger partial charge in [-0.3, -0.25) is 4.79 Å². The van der Waals surface area contributed by atoms with Crippen LogP contribution >= 0.6 is 0 Å². The molecule has 0 aliphatic heterocycles. The van der Waals surface area contributed by atoms with Crippen molar-refractivity contribution in [2.75, 3.05) is 32.5 Å². The summed E-state index contributed by atoms with van der Waals surface area (Å²) in [7, 11) is 4.11. The molecule has 1 aromatic heterocycles. The van der Waals surface area contributed by atoms with Crippen LogP contribution < -0.4 is 5.32 Å². The molecule has 0 aliphatic carbocycles. The lowest BCUT2D eigenvalue weighted by molar-refractivity contribution is 0.104. The summed E-state index contributed by atoms with van der Waals surface area (Å²) in [6.45, 7) is 1.88. The van der Waals surface area contributed by atoms with E-state index in [-0.39, 0.29) is 5.78 Å². The van der Waals surface area contributed by atoms with E-state index in [0.29, 0.717) is 5.56 Å². The van der Waals surface area contributed by atoms with Crippen LogP contribution in [0.4, 0.5) is 5.69 Å². The van der Waals surface area contributed by atoms with E-state index < -0.39 is 0 Å². The van der Waals surface area contributed by atoms with Gasteiger partial charge in [-0.1, -0.05) is 18.2 Å². The highest BCUT2D eigenvalue weighted by molar-refractivity contribution is 6.06. The maximum absolute atomic E-state index is 12.4. The van der Waals surface area contributed by atoms with Gasteiger partial charge in [0.2, 0.25) is 0 Å². The highest BCUT2D eigenvalue weighted by Gasteiger charge is 2.03. The number of anilines is 1. The van der Waals surface area contributed by atoms with Crippen LogP contribution in [0.25, 0.3) is 11.8 Å². The SMILES string of the molecule is CN(C)CCNc1ccc(C=CC(=O)c2ccc(-n3ccnc3)cc2)cc1. The van der Waals surface area contributed by atoms with Crippen molar-refractivity contribution in [3.8, 4) is 5.69 Å². The van der Waals surface area contributed by atoms with E-state index in [9.17, 15) is 4.79 Å². The number of hydrogen-bond donors (Lipinski definition) is 1. The van der Waals surface area contributed by atoms with Gasteiger partial charge in [0.25, 0.3) is 0 Å². The minimum Gasteiger partial charge on any atom is -0.384 e. The molecule has 0 saturated heterocycles. The summed E-state index contributed by atoms with van der Waals surface area (Å²) in [6, 6.07) is 15.6. The summed E-state index contributed by atoms with van der Waals surface area (Å²) in [5.74, 6) is -0.0136. The Bertz CT molecular complexity index is 879. The molecule has 0 spiro atoms. The lowest BCUT2D eigenvalue weighted by atomic mass is 10.1. The average Bonchev–Trinajstić information content (AvgIpc) is 3.22. The van der Waals surface area contributed by atoms with Gasteiger partial charge in [-0.05, 0) is 62.1 Å². The van der Waals surface area contributed by atoms with Gasteiger partial charge in [0.05, 0.1) is 6.33 Å². The van der Waals surface area contributed by atoms with Gasteiger partial charge >= 0.3 is 0 Å². The molecule has 0 bridgehead atoms. The largest absolute Gasteiger partial charge is 0.384 e. The number of nitrogens with one attached hydrogen (secondary N) is 1. The van der Waals surface area contributed by atoms with Crippen LogP contribution in [0.5, 0.6) is 0 Å². The topological polar surface area (TPSA) is 50.2 Å². The minimum atomic E-state index is -0.0136. The third-order valence-electron chi connectivity index (χ3n) is 4.18. The van der Waals surface area contributed by atoms with Gasteiger partial charge in [-0.2, -0.15) is 0 Å². The van der Waals surface area contributed by atoms with Crippen molar-refractivity contribution in [2.24, 2.45) is 0 Å². The molecular weight excluding hydrogens is 336 g/mol. The second-order valence-electron chi connectivity index (χ2n) is 6.57. The highest BCUT2D eigenvalue weighted by Crippen LogP contribution is 2.13. The zero-order valence-electron chi connectivity index (χ0n) is 15.7. The number of imidazole rings is 1. The van der Waals surface area contributed by atoms with E-state index in [4.69, 9.17) is 0 Å². The average molecular weight is 360 g/mol. The molecule has 1 heterocycles. The van der Waals surface area contributed by atoms with Crippen LogP contribution in [0.1, 0.15) is 15.9 Å². The molecule has 2 aromatic carbocycles. The van der Waals surface area contributed by atoms with Crippen molar-refractivity contribution in [1.29, 1.82) is 0 Å². The molecule has 138 valence electrons. The number of nitrogens with zero attached hydrogens (tertiary/aromatic N) is 3. The fraction of sp³-hybridized carbons (Fsp3) is 0.182. The van der Waals surface area contributed by atoms with Crippen molar-refractivity contribution in [2.45, 2.75) is 0 Å². The number of allylic oxidation sites excluding steroid dienone is 1. The maximum Gasteiger partial charge on any atom is 0.185 e. The summed E-state index contributed by atoms with van der Waals surface area (Å²) >= 11 is 0.